The first-order chi connectivity index (χ1) is 8.31. The number of hydrogen-bond acceptors (Lipinski definition) is 2. The van der Waals surface area contributed by atoms with E-state index in [9.17, 15) is 0 Å². The van der Waals surface area contributed by atoms with Gasteiger partial charge in [0.2, 0.25) is 0 Å². The molecule has 0 N–H and O–H groups in total. The third kappa shape index (κ3) is 1.57. The molecule has 0 amide bonds. The molecule has 0 spiro atoms. The lowest BCUT2D eigenvalue weighted by atomic mass is 9.92. The van der Waals surface area contributed by atoms with Gasteiger partial charge < -0.3 is 9.47 Å². The van der Waals surface area contributed by atoms with E-state index in [0.29, 0.717) is 0 Å². The van der Waals surface area contributed by atoms with Crippen LogP contribution < -0.4 is 4.74 Å². The number of benzene rings is 2. The number of ether oxygens (including phenoxy) is 2. The van der Waals surface area contributed by atoms with Crippen LogP contribution in [0.5, 0.6) is 5.75 Å². The minimum Gasteiger partial charge on any atom is -0.501 e. The van der Waals surface area contributed by atoms with Crippen LogP contribution in [0.2, 0.25) is 0 Å². The fourth-order valence-corrected chi connectivity index (χ4v) is 2.43. The first kappa shape index (κ1) is 10.2. The molecule has 2 aromatic rings. The summed E-state index contributed by atoms with van der Waals surface area (Å²) in [5.41, 5.74) is 2.50. The fraction of sp³-hybridized carbons (Fsp3) is 0.200. The van der Waals surface area contributed by atoms with E-state index in [0.717, 1.165) is 17.9 Å². The Balaban J connectivity index is 2.34. The van der Waals surface area contributed by atoms with Crippen molar-refractivity contribution in [2.24, 2.45) is 0 Å². The van der Waals surface area contributed by atoms with Crippen molar-refractivity contribution in [3.63, 3.8) is 0 Å². The number of methoxy groups -OCH3 is 2. The molecule has 0 fully saturated rings. The lowest BCUT2D eigenvalue weighted by Crippen LogP contribution is -2.01. The Morgan fingerprint density at radius 2 is 1.94 bits per heavy atom. The Bertz CT molecular complexity index is 612. The summed E-state index contributed by atoms with van der Waals surface area (Å²) in [6.45, 7) is 0. The van der Waals surface area contributed by atoms with Gasteiger partial charge in [0, 0.05) is 6.42 Å². The lowest BCUT2D eigenvalue weighted by Gasteiger charge is -2.18. The van der Waals surface area contributed by atoms with Crippen molar-refractivity contribution in [2.75, 3.05) is 14.2 Å². The van der Waals surface area contributed by atoms with Gasteiger partial charge in [-0.3, -0.25) is 0 Å². The van der Waals surface area contributed by atoms with Crippen LogP contribution in [0.4, 0.5) is 0 Å². The fourth-order valence-electron chi connectivity index (χ4n) is 2.43. The molecule has 0 atom stereocenters. The minimum absolute atomic E-state index is 0.868. The Morgan fingerprint density at radius 3 is 2.71 bits per heavy atom. The maximum absolute atomic E-state index is 5.37. The van der Waals surface area contributed by atoms with Crippen molar-refractivity contribution < 1.29 is 9.47 Å². The van der Waals surface area contributed by atoms with Gasteiger partial charge in [-0.15, -0.1) is 0 Å². The Kier molecular flexibility index (Phi) is 2.29. The second-order valence-corrected chi connectivity index (χ2v) is 4.22. The van der Waals surface area contributed by atoms with Crippen LogP contribution in [-0.2, 0) is 11.2 Å². The lowest BCUT2D eigenvalue weighted by molar-refractivity contribution is 0.287. The summed E-state index contributed by atoms with van der Waals surface area (Å²) in [5.74, 6) is 1.89. The molecule has 2 nitrogen and oxygen atoms in total. The van der Waals surface area contributed by atoms with Crippen molar-refractivity contribution in [1.29, 1.82) is 0 Å². The van der Waals surface area contributed by atoms with Crippen molar-refractivity contribution in [2.45, 2.75) is 6.42 Å². The largest absolute Gasteiger partial charge is 0.501 e. The average Bonchev–Trinajstić information content (AvgIpc) is 2.38. The molecule has 0 radical (unpaired) electrons. The topological polar surface area (TPSA) is 18.5 Å². The van der Waals surface area contributed by atoms with Gasteiger partial charge in [-0.25, -0.2) is 0 Å². The molecular weight excluding hydrogens is 212 g/mol. The van der Waals surface area contributed by atoms with Gasteiger partial charge in [0.25, 0.3) is 0 Å². The number of rotatable bonds is 2. The first-order valence-corrected chi connectivity index (χ1v) is 5.66. The molecule has 2 heteroatoms. The van der Waals surface area contributed by atoms with Gasteiger partial charge in [-0.2, -0.15) is 0 Å². The summed E-state index contributed by atoms with van der Waals surface area (Å²) >= 11 is 0. The van der Waals surface area contributed by atoms with E-state index < -0.39 is 0 Å². The number of allylic oxidation sites excluding steroid dienone is 1. The summed E-state index contributed by atoms with van der Waals surface area (Å²) in [6.07, 6.45) is 2.96. The Morgan fingerprint density at radius 1 is 1.06 bits per heavy atom. The van der Waals surface area contributed by atoms with Crippen LogP contribution in [0, 0.1) is 0 Å². The first-order valence-electron chi connectivity index (χ1n) is 5.66. The zero-order valence-corrected chi connectivity index (χ0v) is 9.99. The molecule has 1 aliphatic carbocycles. The SMILES string of the molecule is COC1=Cc2cc(OC)cc3cccc(c23)C1. The Hall–Kier alpha value is -1.96. The van der Waals surface area contributed by atoms with E-state index in [1.54, 1.807) is 14.2 Å². The highest BCUT2D eigenvalue weighted by Gasteiger charge is 2.14. The maximum atomic E-state index is 5.37. The highest BCUT2D eigenvalue weighted by atomic mass is 16.5. The molecule has 0 aromatic heterocycles. The molecule has 0 heterocycles. The molecular formula is C15H14O2. The van der Waals surface area contributed by atoms with Crippen molar-refractivity contribution in [3.8, 4) is 5.75 Å². The van der Waals surface area contributed by atoms with Crippen LogP contribution >= 0.6 is 0 Å². The molecule has 0 saturated carbocycles. The predicted molar refractivity (Wildman–Crippen MR) is 69.2 cm³/mol. The third-order valence-corrected chi connectivity index (χ3v) is 3.25. The van der Waals surface area contributed by atoms with E-state index in [2.05, 4.69) is 36.4 Å². The molecule has 3 rings (SSSR count). The van der Waals surface area contributed by atoms with E-state index in [1.807, 2.05) is 0 Å². The van der Waals surface area contributed by atoms with E-state index in [-0.39, 0.29) is 0 Å². The molecule has 86 valence electrons. The second kappa shape index (κ2) is 3.81. The van der Waals surface area contributed by atoms with Crippen LogP contribution in [0.15, 0.2) is 36.1 Å². The van der Waals surface area contributed by atoms with Crippen molar-refractivity contribution in [3.05, 3.63) is 47.2 Å². The van der Waals surface area contributed by atoms with Crippen LogP contribution in [0.1, 0.15) is 11.1 Å². The van der Waals surface area contributed by atoms with Crippen LogP contribution in [0.3, 0.4) is 0 Å². The highest BCUT2D eigenvalue weighted by molar-refractivity contribution is 5.96. The quantitative estimate of drug-likeness (QED) is 0.781. The molecule has 0 aliphatic heterocycles. The van der Waals surface area contributed by atoms with Gasteiger partial charge in [0.15, 0.2) is 0 Å². The summed E-state index contributed by atoms with van der Waals surface area (Å²) in [7, 11) is 3.42. The molecule has 0 bridgehead atoms. The zero-order valence-electron chi connectivity index (χ0n) is 9.99. The number of hydrogen-bond donors (Lipinski definition) is 0. The van der Waals surface area contributed by atoms with E-state index in [4.69, 9.17) is 9.47 Å². The van der Waals surface area contributed by atoms with Crippen molar-refractivity contribution in [1.82, 2.24) is 0 Å². The maximum Gasteiger partial charge on any atom is 0.120 e. The van der Waals surface area contributed by atoms with E-state index >= 15 is 0 Å². The predicted octanol–water partition coefficient (Wildman–Crippen LogP) is 3.39. The average molecular weight is 226 g/mol. The second-order valence-electron chi connectivity index (χ2n) is 4.22. The van der Waals surface area contributed by atoms with Gasteiger partial charge >= 0.3 is 0 Å². The van der Waals surface area contributed by atoms with Crippen molar-refractivity contribution >= 4 is 16.8 Å². The summed E-state index contributed by atoms with van der Waals surface area (Å²) in [5, 5.41) is 2.54. The molecule has 0 unspecified atom stereocenters. The zero-order chi connectivity index (χ0) is 11.8. The van der Waals surface area contributed by atoms with Crippen LogP contribution in [-0.4, -0.2) is 14.2 Å². The molecule has 2 aromatic carbocycles. The monoisotopic (exact) mass is 226 g/mol. The van der Waals surface area contributed by atoms with Crippen LogP contribution in [0.25, 0.3) is 16.8 Å². The Labute approximate surface area is 100 Å². The van der Waals surface area contributed by atoms with E-state index in [1.165, 1.54) is 21.9 Å². The van der Waals surface area contributed by atoms with Gasteiger partial charge in [0.05, 0.1) is 14.2 Å². The van der Waals surface area contributed by atoms with Gasteiger partial charge in [0.1, 0.15) is 11.5 Å². The molecule has 17 heavy (non-hydrogen) atoms. The summed E-state index contributed by atoms with van der Waals surface area (Å²) in [4.78, 5) is 0. The molecule has 1 aliphatic rings. The van der Waals surface area contributed by atoms with Gasteiger partial charge in [-0.05, 0) is 40.1 Å². The minimum atomic E-state index is 0.868. The smallest absolute Gasteiger partial charge is 0.120 e. The summed E-state index contributed by atoms with van der Waals surface area (Å²) < 4.78 is 10.7. The summed E-state index contributed by atoms with van der Waals surface area (Å²) in [6, 6.07) is 10.5. The highest BCUT2D eigenvalue weighted by Crippen LogP contribution is 2.34. The third-order valence-electron chi connectivity index (χ3n) is 3.25. The normalized spacial score (nSPS) is 13.4. The molecule has 0 saturated heterocycles. The standard InChI is InChI=1S/C15H14O2/c1-16-13-6-10-4-3-5-11-7-14(17-2)9-12(8-13)15(10)11/h3-6,8-9H,7H2,1-2H3. The van der Waals surface area contributed by atoms with Gasteiger partial charge in [-0.1, -0.05) is 18.2 Å².